The second-order valence-corrected chi connectivity index (χ2v) is 8.05. The van der Waals surface area contributed by atoms with E-state index in [2.05, 4.69) is 4.99 Å². The Kier molecular flexibility index (Phi) is 6.95. The first kappa shape index (κ1) is 21.6. The number of hydrogen-bond donors (Lipinski definition) is 0. The highest BCUT2D eigenvalue weighted by Crippen LogP contribution is 2.33. The summed E-state index contributed by atoms with van der Waals surface area (Å²) >= 11 is 1.32. The lowest BCUT2D eigenvalue weighted by molar-refractivity contribution is -0.121. The number of likely N-dealkylation sites (N-methyl/N-ethyl adjacent to an activating group) is 1. The molecule has 0 bridgehead atoms. The molecule has 0 atom stereocenters. The highest BCUT2D eigenvalue weighted by Gasteiger charge is 2.30. The molecule has 156 valence electrons. The molecular formula is C23H25N3O3S. The molecule has 0 radical (unpaired) electrons. The van der Waals surface area contributed by atoms with Crippen molar-refractivity contribution in [1.29, 1.82) is 0 Å². The fraction of sp³-hybridized carbons (Fsp3) is 0.261. The zero-order valence-electron chi connectivity index (χ0n) is 17.6. The lowest BCUT2D eigenvalue weighted by atomic mass is 10.2. The van der Waals surface area contributed by atoms with Crippen LogP contribution in [0.15, 0.2) is 58.4 Å². The molecule has 3 rings (SSSR count). The fourth-order valence-electron chi connectivity index (χ4n) is 2.76. The number of hydrogen-bond acceptors (Lipinski definition) is 6. The van der Waals surface area contributed by atoms with Gasteiger partial charge in [0.25, 0.3) is 5.91 Å². The van der Waals surface area contributed by atoms with E-state index in [9.17, 15) is 9.59 Å². The molecule has 6 nitrogen and oxygen atoms in total. The predicted octanol–water partition coefficient (Wildman–Crippen LogP) is 4.55. The molecule has 1 aliphatic heterocycles. The van der Waals surface area contributed by atoms with Crippen LogP contribution in [-0.2, 0) is 9.53 Å². The summed E-state index contributed by atoms with van der Waals surface area (Å²) in [5.41, 5.74) is 3.09. The summed E-state index contributed by atoms with van der Waals surface area (Å²) in [4.78, 5) is 33.5. The number of amidine groups is 1. The number of amides is 1. The van der Waals surface area contributed by atoms with Gasteiger partial charge >= 0.3 is 5.97 Å². The summed E-state index contributed by atoms with van der Waals surface area (Å²) in [6, 6.07) is 14.9. The van der Waals surface area contributed by atoms with Gasteiger partial charge in [-0.05, 0) is 60.2 Å². The molecular weight excluding hydrogens is 398 g/mol. The number of esters is 1. The Morgan fingerprint density at radius 2 is 1.93 bits per heavy atom. The molecule has 0 saturated carbocycles. The van der Waals surface area contributed by atoms with Crippen LogP contribution in [0, 0.1) is 0 Å². The van der Waals surface area contributed by atoms with Crippen LogP contribution >= 0.6 is 11.8 Å². The molecule has 1 saturated heterocycles. The van der Waals surface area contributed by atoms with E-state index in [1.165, 1.54) is 16.7 Å². The zero-order chi connectivity index (χ0) is 21.7. The molecule has 0 N–H and O–H groups in total. The second kappa shape index (κ2) is 9.63. The van der Waals surface area contributed by atoms with Gasteiger partial charge in [-0.25, -0.2) is 9.79 Å². The van der Waals surface area contributed by atoms with Gasteiger partial charge in [0, 0.05) is 26.8 Å². The summed E-state index contributed by atoms with van der Waals surface area (Å²) in [6.07, 6.45) is 2.63. The van der Waals surface area contributed by atoms with E-state index in [0.717, 1.165) is 17.7 Å². The minimum absolute atomic E-state index is 0.103. The molecule has 0 spiro atoms. The van der Waals surface area contributed by atoms with Crippen LogP contribution in [0.4, 0.5) is 11.4 Å². The highest BCUT2D eigenvalue weighted by molar-refractivity contribution is 8.18. The molecule has 1 aliphatic rings. The van der Waals surface area contributed by atoms with Crippen molar-refractivity contribution in [3.8, 4) is 0 Å². The van der Waals surface area contributed by atoms with Crippen molar-refractivity contribution in [2.24, 2.45) is 4.99 Å². The van der Waals surface area contributed by atoms with Crippen LogP contribution in [-0.4, -0.2) is 49.7 Å². The standard InChI is InChI=1S/C23H25N3O3S/c1-5-13-29-22(28)17-7-6-8-18(15-17)24-23-26(4)21(27)20(30-23)14-16-9-11-19(12-10-16)25(2)3/h6-12,14-15H,5,13H2,1-4H3/b20-14+,24-23?. The van der Waals surface area contributed by atoms with Crippen molar-refractivity contribution in [3.05, 3.63) is 64.6 Å². The van der Waals surface area contributed by atoms with E-state index in [-0.39, 0.29) is 11.9 Å². The SMILES string of the molecule is CCCOC(=O)c1cccc(N=C2S/C(=C/c3ccc(N(C)C)cc3)C(=O)N2C)c1. The molecule has 1 amide bonds. The Labute approximate surface area is 181 Å². The van der Waals surface area contributed by atoms with Gasteiger partial charge in [-0.2, -0.15) is 0 Å². The Bertz CT molecular complexity index is 997. The van der Waals surface area contributed by atoms with Crippen LogP contribution in [0.25, 0.3) is 6.08 Å². The van der Waals surface area contributed by atoms with E-state index in [4.69, 9.17) is 4.74 Å². The maximum absolute atomic E-state index is 12.7. The van der Waals surface area contributed by atoms with E-state index in [1.807, 2.05) is 56.3 Å². The van der Waals surface area contributed by atoms with Gasteiger partial charge in [0.15, 0.2) is 5.17 Å². The van der Waals surface area contributed by atoms with Gasteiger partial charge < -0.3 is 9.64 Å². The quantitative estimate of drug-likeness (QED) is 0.504. The van der Waals surface area contributed by atoms with Gasteiger partial charge in [0.05, 0.1) is 22.8 Å². The summed E-state index contributed by atoms with van der Waals surface area (Å²) < 4.78 is 5.18. The minimum atomic E-state index is -0.371. The number of rotatable bonds is 6. The largest absolute Gasteiger partial charge is 0.462 e. The average Bonchev–Trinajstić information content (AvgIpc) is 3.00. The van der Waals surface area contributed by atoms with E-state index >= 15 is 0 Å². The number of thioether (sulfide) groups is 1. The first-order valence-corrected chi connectivity index (χ1v) is 10.5. The predicted molar refractivity (Wildman–Crippen MR) is 123 cm³/mol. The smallest absolute Gasteiger partial charge is 0.338 e. The molecule has 7 heteroatoms. The number of ether oxygens (including phenoxy) is 1. The molecule has 30 heavy (non-hydrogen) atoms. The first-order chi connectivity index (χ1) is 14.4. The molecule has 1 fully saturated rings. The van der Waals surface area contributed by atoms with Crippen molar-refractivity contribution < 1.29 is 14.3 Å². The van der Waals surface area contributed by atoms with Gasteiger partial charge in [-0.1, -0.05) is 25.1 Å². The summed E-state index contributed by atoms with van der Waals surface area (Å²) in [7, 11) is 5.67. The molecule has 1 heterocycles. The van der Waals surface area contributed by atoms with Gasteiger partial charge in [0.2, 0.25) is 0 Å². The summed E-state index contributed by atoms with van der Waals surface area (Å²) in [5.74, 6) is -0.474. The van der Waals surface area contributed by atoms with Crippen LogP contribution in [0.3, 0.4) is 0 Å². The van der Waals surface area contributed by atoms with Crippen LogP contribution in [0.1, 0.15) is 29.3 Å². The number of carbonyl (C=O) groups excluding carboxylic acids is 2. The molecule has 0 unspecified atom stereocenters. The zero-order valence-corrected chi connectivity index (χ0v) is 18.4. The van der Waals surface area contributed by atoms with Gasteiger partial charge in [0.1, 0.15) is 0 Å². The number of benzene rings is 2. The van der Waals surface area contributed by atoms with Crippen LogP contribution < -0.4 is 4.90 Å². The minimum Gasteiger partial charge on any atom is -0.462 e. The molecule has 2 aromatic carbocycles. The Morgan fingerprint density at radius 1 is 1.20 bits per heavy atom. The Balaban J connectivity index is 1.80. The number of aliphatic imine (C=N–C) groups is 1. The first-order valence-electron chi connectivity index (χ1n) is 9.70. The number of anilines is 1. The van der Waals surface area contributed by atoms with Crippen molar-refractivity contribution in [2.75, 3.05) is 32.6 Å². The highest BCUT2D eigenvalue weighted by atomic mass is 32.2. The van der Waals surface area contributed by atoms with E-state index in [1.54, 1.807) is 31.3 Å². The fourth-order valence-corrected chi connectivity index (χ4v) is 3.75. The van der Waals surface area contributed by atoms with Crippen molar-refractivity contribution >= 4 is 46.3 Å². The maximum Gasteiger partial charge on any atom is 0.338 e. The third-order valence-corrected chi connectivity index (χ3v) is 5.51. The molecule has 0 aliphatic carbocycles. The molecule has 0 aromatic heterocycles. The van der Waals surface area contributed by atoms with Crippen LogP contribution in [0.2, 0.25) is 0 Å². The number of nitrogens with zero attached hydrogens (tertiary/aromatic N) is 3. The van der Waals surface area contributed by atoms with E-state index < -0.39 is 0 Å². The van der Waals surface area contributed by atoms with E-state index in [0.29, 0.717) is 27.9 Å². The maximum atomic E-state index is 12.7. The van der Waals surface area contributed by atoms with Crippen molar-refractivity contribution in [1.82, 2.24) is 4.90 Å². The Hall–Kier alpha value is -3.06. The summed E-state index contributed by atoms with van der Waals surface area (Å²) in [6.45, 7) is 2.33. The normalized spacial score (nSPS) is 16.4. The summed E-state index contributed by atoms with van der Waals surface area (Å²) in [5, 5.41) is 0.565. The monoisotopic (exact) mass is 423 g/mol. The topological polar surface area (TPSA) is 62.2 Å². The average molecular weight is 424 g/mol. The van der Waals surface area contributed by atoms with Gasteiger partial charge in [-0.3, -0.25) is 9.69 Å². The molecule has 2 aromatic rings. The third-order valence-electron chi connectivity index (χ3n) is 4.45. The van der Waals surface area contributed by atoms with Crippen LogP contribution in [0.5, 0.6) is 0 Å². The van der Waals surface area contributed by atoms with Gasteiger partial charge in [-0.15, -0.1) is 0 Å². The number of carbonyl (C=O) groups is 2. The third kappa shape index (κ3) is 5.10. The lowest BCUT2D eigenvalue weighted by Crippen LogP contribution is -2.23. The Morgan fingerprint density at radius 3 is 2.60 bits per heavy atom. The lowest BCUT2D eigenvalue weighted by Gasteiger charge is -2.11. The van der Waals surface area contributed by atoms with Crippen molar-refractivity contribution in [3.63, 3.8) is 0 Å². The second-order valence-electron chi connectivity index (χ2n) is 7.04. The van der Waals surface area contributed by atoms with Crippen molar-refractivity contribution in [2.45, 2.75) is 13.3 Å².